The Kier molecular flexibility index (Phi) is 3.72. The second-order valence-electron chi connectivity index (χ2n) is 4.38. The summed E-state index contributed by atoms with van der Waals surface area (Å²) in [6, 6.07) is 11.6. The van der Waals surface area contributed by atoms with Gasteiger partial charge in [-0.25, -0.2) is 4.98 Å². The number of carbonyl (C=O) groups is 1. The molecule has 0 saturated carbocycles. The summed E-state index contributed by atoms with van der Waals surface area (Å²) >= 11 is 0. The summed E-state index contributed by atoms with van der Waals surface area (Å²) in [5, 5.41) is 3.28. The zero-order valence-corrected chi connectivity index (χ0v) is 10.6. The fourth-order valence-electron chi connectivity index (χ4n) is 1.84. The molecule has 0 saturated heterocycles. The third-order valence-electron chi connectivity index (χ3n) is 2.69. The van der Waals surface area contributed by atoms with Crippen molar-refractivity contribution in [3.63, 3.8) is 0 Å². The third kappa shape index (κ3) is 3.17. The number of anilines is 1. The molecule has 3 nitrogen and oxygen atoms in total. The fraction of sp³-hybridized carbons (Fsp3) is 0.200. The van der Waals surface area contributed by atoms with Crippen LogP contribution in [0.2, 0.25) is 0 Å². The largest absolute Gasteiger partial charge is 0.366 e. The maximum Gasteiger partial charge on any atom is 0.150 e. The van der Waals surface area contributed by atoms with E-state index < -0.39 is 0 Å². The maximum atomic E-state index is 10.5. The van der Waals surface area contributed by atoms with E-state index in [9.17, 15) is 4.79 Å². The predicted octanol–water partition coefficient (Wildman–Crippen LogP) is 3.12. The van der Waals surface area contributed by atoms with Crippen LogP contribution in [0.4, 0.5) is 5.82 Å². The number of nitrogens with zero attached hydrogens (tertiary/aromatic N) is 1. The molecular formula is C15H16N2O. The van der Waals surface area contributed by atoms with E-state index in [4.69, 9.17) is 0 Å². The number of aldehydes is 1. The molecule has 0 atom stereocenters. The summed E-state index contributed by atoms with van der Waals surface area (Å²) in [5.74, 6) is 0.881. The number of carbonyl (C=O) groups excluding carboxylic acids is 1. The molecule has 0 fully saturated rings. The summed E-state index contributed by atoms with van der Waals surface area (Å²) in [6.07, 6.45) is 0.850. The van der Waals surface area contributed by atoms with E-state index >= 15 is 0 Å². The Labute approximate surface area is 107 Å². The second kappa shape index (κ2) is 5.45. The summed E-state index contributed by atoms with van der Waals surface area (Å²) in [7, 11) is 0. The average molecular weight is 240 g/mol. The van der Waals surface area contributed by atoms with E-state index in [0.29, 0.717) is 12.1 Å². The molecule has 1 N–H and O–H groups in total. The zero-order valence-electron chi connectivity index (χ0n) is 10.6. The molecule has 2 aromatic rings. The Morgan fingerprint density at radius 3 is 2.50 bits per heavy atom. The van der Waals surface area contributed by atoms with Crippen LogP contribution < -0.4 is 5.32 Å². The minimum atomic E-state index is 0.697. The lowest BCUT2D eigenvalue weighted by Gasteiger charge is -2.07. The van der Waals surface area contributed by atoms with Crippen LogP contribution >= 0.6 is 0 Å². The molecule has 0 aliphatic rings. The molecule has 3 heteroatoms. The monoisotopic (exact) mass is 240 g/mol. The molecule has 0 spiro atoms. The first-order valence-electron chi connectivity index (χ1n) is 5.90. The van der Waals surface area contributed by atoms with Gasteiger partial charge in [0.05, 0.1) is 0 Å². The SMILES string of the molecule is Cc1cc(C)nc(NCc2ccc(C=O)cc2)c1. The van der Waals surface area contributed by atoms with Crippen LogP contribution in [0, 0.1) is 13.8 Å². The topological polar surface area (TPSA) is 42.0 Å². The van der Waals surface area contributed by atoms with Crippen LogP contribution in [-0.4, -0.2) is 11.3 Å². The van der Waals surface area contributed by atoms with Gasteiger partial charge in [0.2, 0.25) is 0 Å². The molecule has 1 aromatic heterocycles. The molecule has 0 radical (unpaired) electrons. The lowest BCUT2D eigenvalue weighted by atomic mass is 10.1. The molecule has 0 aliphatic heterocycles. The molecule has 18 heavy (non-hydrogen) atoms. The normalized spacial score (nSPS) is 10.1. The van der Waals surface area contributed by atoms with Crippen LogP contribution in [0.25, 0.3) is 0 Å². The van der Waals surface area contributed by atoms with Gasteiger partial charge >= 0.3 is 0 Å². The van der Waals surface area contributed by atoms with Gasteiger partial charge in [0.25, 0.3) is 0 Å². The van der Waals surface area contributed by atoms with Crippen LogP contribution in [0.3, 0.4) is 0 Å². The van der Waals surface area contributed by atoms with Gasteiger partial charge in [-0.2, -0.15) is 0 Å². The van der Waals surface area contributed by atoms with E-state index in [1.165, 1.54) is 5.56 Å². The molecule has 0 amide bonds. The van der Waals surface area contributed by atoms with Gasteiger partial charge in [0, 0.05) is 17.8 Å². The van der Waals surface area contributed by atoms with Crippen molar-refractivity contribution in [2.75, 3.05) is 5.32 Å². The number of pyridine rings is 1. The summed E-state index contributed by atoms with van der Waals surface area (Å²) in [5.41, 5.74) is 4.03. The summed E-state index contributed by atoms with van der Waals surface area (Å²) < 4.78 is 0. The average Bonchev–Trinajstić information content (AvgIpc) is 2.36. The first-order chi connectivity index (χ1) is 8.67. The van der Waals surface area contributed by atoms with Crippen molar-refractivity contribution in [2.45, 2.75) is 20.4 Å². The Balaban J connectivity index is 2.03. The van der Waals surface area contributed by atoms with Gasteiger partial charge in [-0.05, 0) is 37.1 Å². The van der Waals surface area contributed by atoms with Gasteiger partial charge < -0.3 is 5.32 Å². The van der Waals surface area contributed by atoms with Crippen molar-refractivity contribution in [1.82, 2.24) is 4.98 Å². The molecular weight excluding hydrogens is 224 g/mol. The van der Waals surface area contributed by atoms with Gasteiger partial charge in [0.15, 0.2) is 0 Å². The smallest absolute Gasteiger partial charge is 0.150 e. The number of hydrogen-bond acceptors (Lipinski definition) is 3. The molecule has 0 unspecified atom stereocenters. The second-order valence-corrected chi connectivity index (χ2v) is 4.38. The summed E-state index contributed by atoms with van der Waals surface area (Å²) in [4.78, 5) is 15.0. The Hall–Kier alpha value is -2.16. The van der Waals surface area contributed by atoms with Crippen molar-refractivity contribution in [1.29, 1.82) is 0 Å². The van der Waals surface area contributed by atoms with Gasteiger partial charge in [0.1, 0.15) is 12.1 Å². The lowest BCUT2D eigenvalue weighted by molar-refractivity contribution is 0.112. The highest BCUT2D eigenvalue weighted by molar-refractivity contribution is 5.74. The standard InChI is InChI=1S/C15H16N2O/c1-11-7-12(2)17-15(8-11)16-9-13-3-5-14(10-18)6-4-13/h3-8,10H,9H2,1-2H3,(H,16,17). The van der Waals surface area contributed by atoms with Crippen LogP contribution in [0.1, 0.15) is 27.2 Å². The zero-order chi connectivity index (χ0) is 13.0. The number of hydrogen-bond donors (Lipinski definition) is 1. The first kappa shape index (κ1) is 12.3. The number of aryl methyl sites for hydroxylation is 2. The molecule has 1 heterocycles. The summed E-state index contributed by atoms with van der Waals surface area (Å²) in [6.45, 7) is 4.74. The number of rotatable bonds is 4. The van der Waals surface area contributed by atoms with E-state index in [2.05, 4.69) is 17.2 Å². The number of aromatic nitrogens is 1. The van der Waals surface area contributed by atoms with Crippen molar-refractivity contribution in [3.8, 4) is 0 Å². The van der Waals surface area contributed by atoms with E-state index in [1.807, 2.05) is 43.3 Å². The minimum Gasteiger partial charge on any atom is -0.366 e. The van der Waals surface area contributed by atoms with Crippen molar-refractivity contribution >= 4 is 12.1 Å². The highest BCUT2D eigenvalue weighted by Crippen LogP contribution is 2.11. The fourth-order valence-corrected chi connectivity index (χ4v) is 1.84. The predicted molar refractivity (Wildman–Crippen MR) is 72.9 cm³/mol. The molecule has 0 aliphatic carbocycles. The Bertz CT molecular complexity index is 527. The lowest BCUT2D eigenvalue weighted by Crippen LogP contribution is -2.02. The number of nitrogens with one attached hydrogen (secondary N) is 1. The molecule has 92 valence electrons. The first-order valence-corrected chi connectivity index (χ1v) is 5.90. The van der Waals surface area contributed by atoms with Gasteiger partial charge in [-0.1, -0.05) is 24.3 Å². The van der Waals surface area contributed by atoms with Crippen molar-refractivity contribution in [3.05, 3.63) is 58.8 Å². The van der Waals surface area contributed by atoms with E-state index in [1.54, 1.807) is 0 Å². The third-order valence-corrected chi connectivity index (χ3v) is 2.69. The molecule has 0 bridgehead atoms. The van der Waals surface area contributed by atoms with Gasteiger partial charge in [-0.15, -0.1) is 0 Å². The highest BCUT2D eigenvalue weighted by atomic mass is 16.1. The Morgan fingerprint density at radius 2 is 1.89 bits per heavy atom. The van der Waals surface area contributed by atoms with E-state index in [0.717, 1.165) is 23.4 Å². The van der Waals surface area contributed by atoms with E-state index in [-0.39, 0.29) is 0 Å². The van der Waals surface area contributed by atoms with Crippen LogP contribution in [-0.2, 0) is 6.54 Å². The maximum absolute atomic E-state index is 10.5. The minimum absolute atomic E-state index is 0.697. The van der Waals surface area contributed by atoms with Crippen LogP contribution in [0.5, 0.6) is 0 Å². The van der Waals surface area contributed by atoms with Gasteiger partial charge in [-0.3, -0.25) is 4.79 Å². The Morgan fingerprint density at radius 1 is 1.17 bits per heavy atom. The highest BCUT2D eigenvalue weighted by Gasteiger charge is 1.98. The van der Waals surface area contributed by atoms with Crippen LogP contribution in [0.15, 0.2) is 36.4 Å². The van der Waals surface area contributed by atoms with Crippen molar-refractivity contribution < 1.29 is 4.79 Å². The molecule has 2 rings (SSSR count). The number of benzene rings is 1. The quantitative estimate of drug-likeness (QED) is 0.835. The van der Waals surface area contributed by atoms with Crippen molar-refractivity contribution in [2.24, 2.45) is 0 Å². The molecule has 1 aromatic carbocycles.